The summed E-state index contributed by atoms with van der Waals surface area (Å²) in [5.41, 5.74) is 1.33. The van der Waals surface area contributed by atoms with Crippen LogP contribution in [0.15, 0.2) is 49.3 Å². The van der Waals surface area contributed by atoms with Crippen LogP contribution in [0.4, 0.5) is 0 Å². The maximum Gasteiger partial charge on any atom is 0.290 e. The number of carboxylic acid groups (broad SMARTS) is 1. The molecular formula is C16H19N5O2. The van der Waals surface area contributed by atoms with Gasteiger partial charge in [0, 0.05) is 37.4 Å². The lowest BCUT2D eigenvalue weighted by atomic mass is 10.1. The van der Waals surface area contributed by atoms with Crippen molar-refractivity contribution in [1.29, 1.82) is 0 Å². The van der Waals surface area contributed by atoms with E-state index in [0.717, 1.165) is 19.6 Å². The molecule has 1 aromatic carbocycles. The van der Waals surface area contributed by atoms with Crippen molar-refractivity contribution in [3.63, 3.8) is 0 Å². The summed E-state index contributed by atoms with van der Waals surface area (Å²) in [5, 5.41) is 17.0. The van der Waals surface area contributed by atoms with Crippen LogP contribution < -0.4 is 0 Å². The number of hydrogen-bond acceptors (Lipinski definition) is 5. The van der Waals surface area contributed by atoms with Crippen LogP contribution in [-0.4, -0.2) is 49.8 Å². The Balaban J connectivity index is 0.000000595. The Bertz CT molecular complexity index is 725. The average molecular weight is 313 g/mol. The summed E-state index contributed by atoms with van der Waals surface area (Å²) >= 11 is 0. The van der Waals surface area contributed by atoms with Crippen LogP contribution in [0.3, 0.4) is 0 Å². The minimum Gasteiger partial charge on any atom is -0.483 e. The van der Waals surface area contributed by atoms with Gasteiger partial charge in [0.2, 0.25) is 0 Å². The number of benzene rings is 1. The molecule has 23 heavy (non-hydrogen) atoms. The zero-order valence-electron chi connectivity index (χ0n) is 12.9. The molecule has 2 heterocycles. The first-order valence-electron chi connectivity index (χ1n) is 7.15. The van der Waals surface area contributed by atoms with Crippen LogP contribution >= 0.6 is 0 Å². The molecule has 7 heteroatoms. The average Bonchev–Trinajstić information content (AvgIpc) is 3.08. The van der Waals surface area contributed by atoms with Gasteiger partial charge in [0.05, 0.1) is 0 Å². The predicted molar refractivity (Wildman–Crippen MR) is 86.8 cm³/mol. The van der Waals surface area contributed by atoms with Gasteiger partial charge in [0.25, 0.3) is 6.47 Å². The van der Waals surface area contributed by atoms with Crippen molar-refractivity contribution < 1.29 is 9.90 Å². The number of nitrogens with zero attached hydrogens (tertiary/aromatic N) is 5. The molecule has 0 saturated heterocycles. The van der Waals surface area contributed by atoms with E-state index in [0.29, 0.717) is 0 Å². The molecule has 0 aliphatic heterocycles. The Hall–Kier alpha value is -2.80. The second-order valence-corrected chi connectivity index (χ2v) is 5.06. The largest absolute Gasteiger partial charge is 0.483 e. The fraction of sp³-hybridized carbons (Fsp3) is 0.250. The number of likely N-dealkylation sites (N-methyl/N-ethyl adjacent to an activating group) is 1. The lowest BCUT2D eigenvalue weighted by Gasteiger charge is -2.17. The van der Waals surface area contributed by atoms with Gasteiger partial charge in [-0.15, -0.1) is 10.2 Å². The van der Waals surface area contributed by atoms with E-state index in [4.69, 9.17) is 9.90 Å². The number of rotatable bonds is 5. The quantitative estimate of drug-likeness (QED) is 0.721. The second-order valence-electron chi connectivity index (χ2n) is 5.06. The molecule has 0 fully saturated rings. The Labute approximate surface area is 134 Å². The highest BCUT2D eigenvalue weighted by molar-refractivity contribution is 5.84. The summed E-state index contributed by atoms with van der Waals surface area (Å²) in [7, 11) is 2.13. The van der Waals surface area contributed by atoms with Crippen molar-refractivity contribution in [2.75, 3.05) is 13.6 Å². The van der Waals surface area contributed by atoms with Gasteiger partial charge in [0.15, 0.2) is 0 Å². The molecule has 2 aromatic heterocycles. The second kappa shape index (κ2) is 8.60. The number of fused-ring (bicyclic) bond motifs is 1. The molecule has 1 N–H and O–H groups in total. The number of carbonyl (C=O) groups is 1. The van der Waals surface area contributed by atoms with Crippen molar-refractivity contribution >= 4 is 17.2 Å². The number of aromatic nitrogens is 4. The third kappa shape index (κ3) is 4.86. The monoisotopic (exact) mass is 313 g/mol. The van der Waals surface area contributed by atoms with Gasteiger partial charge in [-0.05, 0) is 24.1 Å². The van der Waals surface area contributed by atoms with Gasteiger partial charge in [-0.1, -0.05) is 18.2 Å². The first kappa shape index (κ1) is 16.6. The smallest absolute Gasteiger partial charge is 0.290 e. The first-order chi connectivity index (χ1) is 11.2. The SMILES string of the molecule is CN(CCn1cnnc1)Cc1cccc2cnccc12.O=CO. The van der Waals surface area contributed by atoms with E-state index in [1.54, 1.807) is 12.7 Å². The molecule has 3 rings (SSSR count). The molecule has 0 bridgehead atoms. The summed E-state index contributed by atoms with van der Waals surface area (Å²) in [4.78, 5) is 14.8. The highest BCUT2D eigenvalue weighted by Gasteiger charge is 2.04. The lowest BCUT2D eigenvalue weighted by molar-refractivity contribution is -0.122. The van der Waals surface area contributed by atoms with E-state index < -0.39 is 0 Å². The highest BCUT2D eigenvalue weighted by atomic mass is 16.3. The fourth-order valence-electron chi connectivity index (χ4n) is 2.32. The number of pyridine rings is 1. The van der Waals surface area contributed by atoms with Crippen LogP contribution in [0, 0.1) is 0 Å². The van der Waals surface area contributed by atoms with Crippen LogP contribution in [0.2, 0.25) is 0 Å². The third-order valence-corrected chi connectivity index (χ3v) is 3.42. The highest BCUT2D eigenvalue weighted by Crippen LogP contribution is 2.18. The maximum absolute atomic E-state index is 8.36. The van der Waals surface area contributed by atoms with Crippen molar-refractivity contribution in [2.45, 2.75) is 13.1 Å². The maximum atomic E-state index is 8.36. The van der Waals surface area contributed by atoms with Gasteiger partial charge in [-0.2, -0.15) is 0 Å². The van der Waals surface area contributed by atoms with Gasteiger partial charge in [0.1, 0.15) is 12.7 Å². The van der Waals surface area contributed by atoms with Gasteiger partial charge in [-0.25, -0.2) is 0 Å². The van der Waals surface area contributed by atoms with E-state index in [1.165, 1.54) is 16.3 Å². The van der Waals surface area contributed by atoms with Crippen molar-refractivity contribution in [2.24, 2.45) is 0 Å². The summed E-state index contributed by atoms with van der Waals surface area (Å²) < 4.78 is 1.99. The molecule has 0 aliphatic carbocycles. The van der Waals surface area contributed by atoms with Gasteiger partial charge >= 0.3 is 0 Å². The van der Waals surface area contributed by atoms with E-state index in [2.05, 4.69) is 51.4 Å². The molecule has 0 aliphatic rings. The molecular weight excluding hydrogens is 294 g/mol. The third-order valence-electron chi connectivity index (χ3n) is 3.42. The van der Waals surface area contributed by atoms with Crippen molar-refractivity contribution in [3.8, 4) is 0 Å². The molecule has 0 saturated carbocycles. The lowest BCUT2D eigenvalue weighted by Crippen LogP contribution is -2.22. The predicted octanol–water partition coefficient (Wildman–Crippen LogP) is 1.66. The minimum absolute atomic E-state index is 0.250. The van der Waals surface area contributed by atoms with E-state index in [9.17, 15) is 0 Å². The summed E-state index contributed by atoms with van der Waals surface area (Å²) in [5.74, 6) is 0. The molecule has 7 nitrogen and oxygen atoms in total. The Morgan fingerprint density at radius 3 is 2.74 bits per heavy atom. The Morgan fingerprint density at radius 1 is 1.26 bits per heavy atom. The molecule has 0 spiro atoms. The van der Waals surface area contributed by atoms with E-state index in [-0.39, 0.29) is 6.47 Å². The molecule has 0 amide bonds. The summed E-state index contributed by atoms with van der Waals surface area (Å²) in [6, 6.07) is 8.45. The normalized spacial score (nSPS) is 10.3. The van der Waals surface area contributed by atoms with Crippen LogP contribution in [0.25, 0.3) is 10.8 Å². The minimum atomic E-state index is -0.250. The zero-order chi connectivity index (χ0) is 16.5. The Morgan fingerprint density at radius 2 is 2.00 bits per heavy atom. The molecule has 3 aromatic rings. The topological polar surface area (TPSA) is 84.1 Å². The number of hydrogen-bond donors (Lipinski definition) is 1. The first-order valence-corrected chi connectivity index (χ1v) is 7.15. The van der Waals surface area contributed by atoms with Gasteiger partial charge < -0.3 is 14.6 Å². The van der Waals surface area contributed by atoms with Crippen LogP contribution in [0.5, 0.6) is 0 Å². The Kier molecular flexibility index (Phi) is 6.19. The zero-order valence-corrected chi connectivity index (χ0v) is 12.9. The van der Waals surface area contributed by atoms with Crippen LogP contribution in [-0.2, 0) is 17.9 Å². The fourth-order valence-corrected chi connectivity index (χ4v) is 2.32. The van der Waals surface area contributed by atoms with E-state index in [1.807, 2.05) is 17.0 Å². The molecule has 0 radical (unpaired) electrons. The summed E-state index contributed by atoms with van der Waals surface area (Å²) in [6.45, 7) is 2.53. The molecule has 120 valence electrons. The van der Waals surface area contributed by atoms with Gasteiger partial charge in [-0.3, -0.25) is 9.78 Å². The molecule has 0 atom stereocenters. The van der Waals surface area contributed by atoms with Crippen molar-refractivity contribution in [3.05, 3.63) is 54.9 Å². The molecule has 0 unspecified atom stereocenters. The van der Waals surface area contributed by atoms with Crippen LogP contribution in [0.1, 0.15) is 5.56 Å². The summed E-state index contributed by atoms with van der Waals surface area (Å²) in [6.07, 6.45) is 7.26. The standard InChI is InChI=1S/C15H17N5.CH2O2/c1-19(7-8-20-11-17-18-12-20)10-14-4-2-3-13-9-16-6-5-15(13)14;2-1-3/h2-6,9,11-12H,7-8,10H2,1H3;1H,(H,2,3). The van der Waals surface area contributed by atoms with Crippen molar-refractivity contribution in [1.82, 2.24) is 24.6 Å². The van der Waals surface area contributed by atoms with E-state index >= 15 is 0 Å².